The predicted octanol–water partition coefficient (Wildman–Crippen LogP) is 2.45. The van der Waals surface area contributed by atoms with Gasteiger partial charge in [-0.1, -0.05) is 30.3 Å². The summed E-state index contributed by atoms with van der Waals surface area (Å²) in [6.07, 6.45) is 2.90. The molecule has 0 saturated carbocycles. The molecule has 0 bridgehead atoms. The van der Waals surface area contributed by atoms with Gasteiger partial charge in [0, 0.05) is 44.2 Å². The lowest BCUT2D eigenvalue weighted by atomic mass is 9.95. The SMILES string of the molecule is CC(C)N1CCC[C@@H](C(=O)N2CCc3nnc(-c4ccccc4)n3CC2)C1. The van der Waals surface area contributed by atoms with E-state index in [0.717, 1.165) is 69.2 Å². The van der Waals surface area contributed by atoms with Gasteiger partial charge in [0.05, 0.1) is 5.92 Å². The number of amides is 1. The van der Waals surface area contributed by atoms with E-state index in [1.165, 1.54) is 0 Å². The molecule has 1 fully saturated rings. The van der Waals surface area contributed by atoms with Gasteiger partial charge in [-0.15, -0.1) is 10.2 Å². The molecule has 0 N–H and O–H groups in total. The van der Waals surface area contributed by atoms with Crippen LogP contribution >= 0.6 is 0 Å². The van der Waals surface area contributed by atoms with Crippen molar-refractivity contribution >= 4 is 5.91 Å². The van der Waals surface area contributed by atoms with Gasteiger partial charge in [-0.25, -0.2) is 0 Å². The number of hydrogen-bond donors (Lipinski definition) is 0. The molecule has 1 amide bonds. The highest BCUT2D eigenvalue weighted by atomic mass is 16.2. The van der Waals surface area contributed by atoms with Gasteiger partial charge in [0.15, 0.2) is 5.82 Å². The van der Waals surface area contributed by atoms with E-state index in [-0.39, 0.29) is 5.92 Å². The minimum absolute atomic E-state index is 0.137. The lowest BCUT2D eigenvalue weighted by molar-refractivity contribution is -0.137. The normalized spacial score (nSPS) is 21.1. The highest BCUT2D eigenvalue weighted by Gasteiger charge is 2.31. The van der Waals surface area contributed by atoms with Crippen LogP contribution in [0.15, 0.2) is 30.3 Å². The van der Waals surface area contributed by atoms with Crippen molar-refractivity contribution in [3.63, 3.8) is 0 Å². The maximum absolute atomic E-state index is 13.2. The van der Waals surface area contributed by atoms with Crippen molar-refractivity contribution in [2.45, 2.75) is 45.7 Å². The molecular formula is C21H29N5O. The van der Waals surface area contributed by atoms with Crippen LogP contribution in [0.4, 0.5) is 0 Å². The number of benzene rings is 1. The van der Waals surface area contributed by atoms with Crippen LogP contribution in [0.2, 0.25) is 0 Å². The molecule has 1 saturated heterocycles. The lowest BCUT2D eigenvalue weighted by Crippen LogP contribution is -2.47. The van der Waals surface area contributed by atoms with Crippen LogP contribution < -0.4 is 0 Å². The largest absolute Gasteiger partial charge is 0.340 e. The summed E-state index contributed by atoms with van der Waals surface area (Å²) in [5.74, 6) is 2.35. The second-order valence-corrected chi connectivity index (χ2v) is 7.96. The molecule has 2 aliphatic heterocycles. The van der Waals surface area contributed by atoms with E-state index in [1.54, 1.807) is 0 Å². The molecule has 6 heteroatoms. The van der Waals surface area contributed by atoms with E-state index in [1.807, 2.05) is 18.2 Å². The zero-order chi connectivity index (χ0) is 18.8. The van der Waals surface area contributed by atoms with Gasteiger partial charge in [-0.2, -0.15) is 0 Å². The van der Waals surface area contributed by atoms with Gasteiger partial charge in [0.2, 0.25) is 5.91 Å². The number of rotatable bonds is 3. The summed E-state index contributed by atoms with van der Waals surface area (Å²) in [5.41, 5.74) is 1.08. The molecule has 1 aromatic heterocycles. The Morgan fingerprint density at radius 1 is 1.07 bits per heavy atom. The summed E-state index contributed by atoms with van der Waals surface area (Å²) in [5, 5.41) is 8.80. The number of carbonyl (C=O) groups excluding carboxylic acids is 1. The summed E-state index contributed by atoms with van der Waals surface area (Å²) in [4.78, 5) is 17.6. The van der Waals surface area contributed by atoms with Crippen molar-refractivity contribution in [1.82, 2.24) is 24.6 Å². The fourth-order valence-corrected chi connectivity index (χ4v) is 4.28. The van der Waals surface area contributed by atoms with Crippen LogP contribution in [0, 0.1) is 5.92 Å². The van der Waals surface area contributed by atoms with E-state index < -0.39 is 0 Å². The smallest absolute Gasteiger partial charge is 0.227 e. The van der Waals surface area contributed by atoms with Gasteiger partial charge in [-0.05, 0) is 33.2 Å². The minimum atomic E-state index is 0.137. The molecule has 1 aromatic carbocycles. The molecule has 2 aliphatic rings. The zero-order valence-electron chi connectivity index (χ0n) is 16.3. The molecule has 144 valence electrons. The second-order valence-electron chi connectivity index (χ2n) is 7.96. The first-order valence-corrected chi connectivity index (χ1v) is 10.1. The summed E-state index contributed by atoms with van der Waals surface area (Å²) in [7, 11) is 0. The molecule has 0 spiro atoms. The van der Waals surface area contributed by atoms with Crippen molar-refractivity contribution in [2.24, 2.45) is 5.92 Å². The molecule has 3 heterocycles. The van der Waals surface area contributed by atoms with Gasteiger partial charge in [0.25, 0.3) is 0 Å². The first-order chi connectivity index (χ1) is 13.1. The van der Waals surface area contributed by atoms with Crippen LogP contribution in [0.25, 0.3) is 11.4 Å². The third-order valence-corrected chi connectivity index (χ3v) is 5.90. The van der Waals surface area contributed by atoms with Gasteiger partial charge in [-0.3, -0.25) is 4.79 Å². The van der Waals surface area contributed by atoms with Gasteiger partial charge < -0.3 is 14.4 Å². The fraction of sp³-hybridized carbons (Fsp3) is 0.571. The highest BCUT2D eigenvalue weighted by Crippen LogP contribution is 2.23. The van der Waals surface area contributed by atoms with Crippen molar-refractivity contribution in [3.8, 4) is 11.4 Å². The number of hydrogen-bond acceptors (Lipinski definition) is 4. The van der Waals surface area contributed by atoms with Crippen LogP contribution in [-0.2, 0) is 17.8 Å². The Bertz CT molecular complexity index is 785. The number of nitrogens with zero attached hydrogens (tertiary/aromatic N) is 5. The molecule has 2 aromatic rings. The Balaban J connectivity index is 1.46. The van der Waals surface area contributed by atoms with E-state index in [9.17, 15) is 4.79 Å². The first kappa shape index (κ1) is 18.2. The number of aromatic nitrogens is 3. The minimum Gasteiger partial charge on any atom is -0.340 e. The Kier molecular flexibility index (Phi) is 5.25. The molecule has 1 atom stereocenters. The summed E-state index contributed by atoms with van der Waals surface area (Å²) >= 11 is 0. The molecular weight excluding hydrogens is 338 g/mol. The van der Waals surface area contributed by atoms with E-state index >= 15 is 0 Å². The van der Waals surface area contributed by atoms with Gasteiger partial charge in [0.1, 0.15) is 5.82 Å². The maximum Gasteiger partial charge on any atom is 0.227 e. The fourth-order valence-electron chi connectivity index (χ4n) is 4.28. The number of piperidine rings is 1. The Morgan fingerprint density at radius 3 is 2.67 bits per heavy atom. The van der Waals surface area contributed by atoms with E-state index in [2.05, 4.69) is 50.5 Å². The van der Waals surface area contributed by atoms with Crippen LogP contribution in [-0.4, -0.2) is 62.7 Å². The monoisotopic (exact) mass is 367 g/mol. The Labute approximate surface area is 161 Å². The van der Waals surface area contributed by atoms with Crippen LogP contribution in [0.1, 0.15) is 32.5 Å². The van der Waals surface area contributed by atoms with E-state index in [4.69, 9.17) is 0 Å². The average molecular weight is 367 g/mol. The second kappa shape index (κ2) is 7.80. The molecule has 0 aliphatic carbocycles. The molecule has 0 unspecified atom stereocenters. The third kappa shape index (κ3) is 3.76. The summed E-state index contributed by atoms with van der Waals surface area (Å²) in [6, 6.07) is 10.7. The Morgan fingerprint density at radius 2 is 1.89 bits per heavy atom. The molecule has 27 heavy (non-hydrogen) atoms. The van der Waals surface area contributed by atoms with Crippen molar-refractivity contribution in [3.05, 3.63) is 36.2 Å². The molecule has 6 nitrogen and oxygen atoms in total. The van der Waals surface area contributed by atoms with Crippen molar-refractivity contribution in [1.29, 1.82) is 0 Å². The first-order valence-electron chi connectivity index (χ1n) is 10.1. The summed E-state index contributed by atoms with van der Waals surface area (Å²) < 4.78 is 2.18. The quantitative estimate of drug-likeness (QED) is 0.836. The lowest BCUT2D eigenvalue weighted by Gasteiger charge is -2.36. The predicted molar refractivity (Wildman–Crippen MR) is 105 cm³/mol. The van der Waals surface area contributed by atoms with E-state index in [0.29, 0.717) is 11.9 Å². The standard InChI is InChI=1S/C21H29N5O/c1-16(2)25-11-6-9-18(15-25)21(27)24-12-10-19-22-23-20(26(19)14-13-24)17-7-4-3-5-8-17/h3-5,7-8,16,18H,6,9-15H2,1-2H3/t18-/m1/s1. The maximum atomic E-state index is 13.2. The molecule has 4 rings (SSSR count). The van der Waals surface area contributed by atoms with Crippen molar-refractivity contribution in [2.75, 3.05) is 26.2 Å². The zero-order valence-corrected chi connectivity index (χ0v) is 16.3. The number of likely N-dealkylation sites (tertiary alicyclic amines) is 1. The molecule has 0 radical (unpaired) electrons. The van der Waals surface area contributed by atoms with Crippen LogP contribution in [0.5, 0.6) is 0 Å². The van der Waals surface area contributed by atoms with Crippen molar-refractivity contribution < 1.29 is 4.79 Å². The highest BCUT2D eigenvalue weighted by molar-refractivity contribution is 5.79. The third-order valence-electron chi connectivity index (χ3n) is 5.90. The average Bonchev–Trinajstić information content (AvgIpc) is 2.99. The van der Waals surface area contributed by atoms with Crippen LogP contribution in [0.3, 0.4) is 0 Å². The Hall–Kier alpha value is -2.21. The number of carbonyl (C=O) groups is 1. The van der Waals surface area contributed by atoms with Gasteiger partial charge >= 0.3 is 0 Å². The number of fused-ring (bicyclic) bond motifs is 1. The topological polar surface area (TPSA) is 54.3 Å². The summed E-state index contributed by atoms with van der Waals surface area (Å²) in [6.45, 7) is 8.69.